The maximum Gasteiger partial charge on any atom is 0.293 e. The summed E-state index contributed by atoms with van der Waals surface area (Å²) in [5.74, 6) is -3.13. The molecule has 1 amide bonds. The predicted molar refractivity (Wildman–Crippen MR) is 123 cm³/mol. The summed E-state index contributed by atoms with van der Waals surface area (Å²) < 4.78 is 57.6. The zero-order chi connectivity index (χ0) is 23.3. The first kappa shape index (κ1) is 24.0. The fourth-order valence-corrected chi connectivity index (χ4v) is 4.36. The van der Waals surface area contributed by atoms with Crippen molar-refractivity contribution in [3.8, 4) is 0 Å². The van der Waals surface area contributed by atoms with Gasteiger partial charge in [-0.2, -0.15) is 8.78 Å². The Morgan fingerprint density at radius 3 is 2.47 bits per heavy atom. The summed E-state index contributed by atoms with van der Waals surface area (Å²) in [4.78, 5) is 12.1. The van der Waals surface area contributed by atoms with Crippen LogP contribution >= 0.6 is 35.6 Å². The number of carbonyl (C=O) groups excluding carboxylic acids is 1. The van der Waals surface area contributed by atoms with Crippen molar-refractivity contribution in [2.45, 2.75) is 15.5 Å². The van der Waals surface area contributed by atoms with Crippen molar-refractivity contribution in [3.05, 3.63) is 71.6 Å². The van der Waals surface area contributed by atoms with Gasteiger partial charge >= 0.3 is 0 Å². The molecule has 0 aliphatic rings. The van der Waals surface area contributed by atoms with Crippen LogP contribution in [0.4, 0.5) is 20.2 Å². The molecule has 168 valence electrons. The zero-order valence-corrected chi connectivity index (χ0v) is 19.0. The van der Waals surface area contributed by atoms with E-state index in [1.165, 1.54) is 60.9 Å². The second kappa shape index (κ2) is 10.3. The number of halogens is 3. The summed E-state index contributed by atoms with van der Waals surface area (Å²) in [6, 6.07) is 12.3. The molecule has 0 aliphatic carbocycles. The lowest BCUT2D eigenvalue weighted by Crippen LogP contribution is -2.34. The Morgan fingerprint density at radius 1 is 1.12 bits per heavy atom. The van der Waals surface area contributed by atoms with Crippen LogP contribution in [0.1, 0.15) is 10.6 Å². The van der Waals surface area contributed by atoms with Gasteiger partial charge in [-0.05, 0) is 66.8 Å². The van der Waals surface area contributed by atoms with Crippen molar-refractivity contribution in [1.82, 2.24) is 5.32 Å². The first-order valence-electron chi connectivity index (χ1n) is 8.67. The highest BCUT2D eigenvalue weighted by atomic mass is 35.5. The largest absolute Gasteiger partial charge is 0.459 e. The van der Waals surface area contributed by atoms with E-state index in [4.69, 9.17) is 28.2 Å². The van der Waals surface area contributed by atoms with Crippen molar-refractivity contribution in [3.63, 3.8) is 0 Å². The molecule has 0 spiro atoms. The van der Waals surface area contributed by atoms with E-state index in [0.29, 0.717) is 16.7 Å². The van der Waals surface area contributed by atoms with E-state index in [9.17, 15) is 22.0 Å². The van der Waals surface area contributed by atoms with Crippen LogP contribution in [0.3, 0.4) is 0 Å². The van der Waals surface area contributed by atoms with Gasteiger partial charge in [0.1, 0.15) is 0 Å². The maximum absolute atomic E-state index is 12.7. The predicted octanol–water partition coefficient (Wildman–Crippen LogP) is 5.18. The van der Waals surface area contributed by atoms with Gasteiger partial charge < -0.3 is 9.73 Å². The average Bonchev–Trinajstić information content (AvgIpc) is 3.25. The minimum atomic E-state index is -4.03. The monoisotopic (exact) mass is 517 g/mol. The Labute approximate surface area is 196 Å². The standard InChI is InChI=1S/C19H14ClF2N3O4S3/c20-14-8-7-13(10-15(14)23-19(30)24-17(26)16-2-1-9-29-16)32(27,28)25-11-3-5-12(6-4-11)31-18(21)22/h1-10,18,25H,(H2,23,24,26,30). The molecular formula is C19H14ClF2N3O4S3. The Balaban J connectivity index is 1.72. The second-order valence-corrected chi connectivity index (χ2v) is 9.60. The lowest BCUT2D eigenvalue weighted by Gasteiger charge is -2.13. The van der Waals surface area contributed by atoms with Gasteiger partial charge in [0.15, 0.2) is 10.9 Å². The van der Waals surface area contributed by atoms with Gasteiger partial charge in [0.2, 0.25) is 0 Å². The number of anilines is 2. The number of amides is 1. The highest BCUT2D eigenvalue weighted by Crippen LogP contribution is 2.29. The third-order valence-electron chi connectivity index (χ3n) is 3.80. The van der Waals surface area contributed by atoms with Crippen LogP contribution in [0.15, 0.2) is 75.1 Å². The van der Waals surface area contributed by atoms with Crippen molar-refractivity contribution in [2.75, 3.05) is 10.0 Å². The average molecular weight is 518 g/mol. The highest BCUT2D eigenvalue weighted by molar-refractivity contribution is 7.99. The number of thiocarbonyl (C=S) groups is 1. The Morgan fingerprint density at radius 2 is 1.84 bits per heavy atom. The van der Waals surface area contributed by atoms with Crippen LogP contribution in [0.5, 0.6) is 0 Å². The van der Waals surface area contributed by atoms with Gasteiger partial charge in [-0.1, -0.05) is 23.4 Å². The SMILES string of the molecule is O=C(NC(=S)Nc1cc(S(=O)(=O)Nc2ccc(SC(F)F)cc2)ccc1Cl)c1ccco1. The Bertz CT molecular complexity index is 1220. The van der Waals surface area contributed by atoms with Gasteiger partial charge in [0.05, 0.1) is 21.9 Å². The number of furan rings is 1. The van der Waals surface area contributed by atoms with E-state index < -0.39 is 21.7 Å². The lowest BCUT2D eigenvalue weighted by atomic mass is 10.3. The first-order chi connectivity index (χ1) is 15.1. The third-order valence-corrected chi connectivity index (χ3v) is 6.44. The van der Waals surface area contributed by atoms with Crippen molar-refractivity contribution in [1.29, 1.82) is 0 Å². The fraction of sp³-hybridized carbons (Fsp3) is 0.0526. The van der Waals surface area contributed by atoms with Crippen LogP contribution in [-0.2, 0) is 10.0 Å². The van der Waals surface area contributed by atoms with Crippen molar-refractivity contribution in [2.24, 2.45) is 0 Å². The van der Waals surface area contributed by atoms with Gasteiger partial charge in [-0.25, -0.2) is 8.42 Å². The van der Waals surface area contributed by atoms with Gasteiger partial charge in [-0.15, -0.1) is 0 Å². The van der Waals surface area contributed by atoms with Crippen molar-refractivity contribution >= 4 is 68.0 Å². The molecule has 3 N–H and O–H groups in total. The Hall–Kier alpha value is -2.67. The lowest BCUT2D eigenvalue weighted by molar-refractivity contribution is 0.0950. The molecule has 0 saturated carbocycles. The minimum absolute atomic E-state index is 0.0405. The summed E-state index contributed by atoms with van der Waals surface area (Å²) in [6.45, 7) is 0. The molecule has 1 aromatic heterocycles. The number of carbonyl (C=O) groups is 1. The molecule has 0 fully saturated rings. The van der Waals surface area contributed by atoms with Crippen LogP contribution in [0.2, 0.25) is 5.02 Å². The van der Waals surface area contributed by atoms with E-state index in [-0.39, 0.29) is 32.2 Å². The third kappa shape index (κ3) is 6.42. The molecule has 0 radical (unpaired) electrons. The van der Waals surface area contributed by atoms with Gasteiger partial charge in [0, 0.05) is 10.6 Å². The topological polar surface area (TPSA) is 100 Å². The first-order valence-corrected chi connectivity index (χ1v) is 11.8. The van der Waals surface area contributed by atoms with Crippen LogP contribution in [-0.4, -0.2) is 25.2 Å². The molecule has 0 unspecified atom stereocenters. The van der Waals surface area contributed by atoms with Crippen molar-refractivity contribution < 1.29 is 26.4 Å². The summed E-state index contributed by atoms with van der Waals surface area (Å²) >= 11 is 11.5. The number of nitrogens with one attached hydrogen (secondary N) is 3. The number of thioether (sulfide) groups is 1. The highest BCUT2D eigenvalue weighted by Gasteiger charge is 2.18. The van der Waals surface area contributed by atoms with Crippen LogP contribution in [0, 0.1) is 0 Å². The Kier molecular flexibility index (Phi) is 7.72. The number of benzene rings is 2. The molecule has 0 atom stereocenters. The molecular weight excluding hydrogens is 504 g/mol. The van der Waals surface area contributed by atoms with E-state index in [0.717, 1.165) is 0 Å². The summed E-state index contributed by atoms with van der Waals surface area (Å²) in [7, 11) is -4.03. The summed E-state index contributed by atoms with van der Waals surface area (Å²) in [5.41, 5.74) is 0.331. The second-order valence-electron chi connectivity index (χ2n) is 6.04. The van der Waals surface area contributed by atoms with E-state index in [1.807, 2.05) is 0 Å². The minimum Gasteiger partial charge on any atom is -0.459 e. The zero-order valence-electron chi connectivity index (χ0n) is 15.8. The molecule has 3 aromatic rings. The normalized spacial score (nSPS) is 11.2. The molecule has 3 rings (SSSR count). The van der Waals surface area contributed by atoms with Crippen LogP contribution in [0.25, 0.3) is 0 Å². The molecule has 7 nitrogen and oxygen atoms in total. The number of sulfonamides is 1. The summed E-state index contributed by atoms with van der Waals surface area (Å²) in [6.07, 6.45) is 1.33. The number of hydrogen-bond donors (Lipinski definition) is 3. The van der Waals surface area contributed by atoms with Gasteiger partial charge in [0.25, 0.3) is 21.7 Å². The molecule has 2 aromatic carbocycles. The molecule has 32 heavy (non-hydrogen) atoms. The quantitative estimate of drug-likeness (QED) is 0.293. The molecule has 1 heterocycles. The number of hydrogen-bond acceptors (Lipinski definition) is 6. The fourth-order valence-electron chi connectivity index (χ4n) is 2.41. The smallest absolute Gasteiger partial charge is 0.293 e. The van der Waals surface area contributed by atoms with E-state index in [1.54, 1.807) is 0 Å². The molecule has 0 saturated heterocycles. The summed E-state index contributed by atoms with van der Waals surface area (Å²) in [5, 5.41) is 5.09. The number of alkyl halides is 2. The molecule has 0 aliphatic heterocycles. The van der Waals surface area contributed by atoms with Crippen LogP contribution < -0.4 is 15.4 Å². The number of rotatable bonds is 7. The van der Waals surface area contributed by atoms with E-state index in [2.05, 4.69) is 15.4 Å². The molecule has 0 bridgehead atoms. The van der Waals surface area contributed by atoms with Gasteiger partial charge in [-0.3, -0.25) is 14.8 Å². The molecule has 13 heteroatoms. The van der Waals surface area contributed by atoms with E-state index >= 15 is 0 Å². The maximum atomic E-state index is 12.7.